The molecule has 0 unspecified atom stereocenters. The quantitative estimate of drug-likeness (QED) is 0.742. The molecule has 0 spiro atoms. The van der Waals surface area contributed by atoms with Gasteiger partial charge in [-0.05, 0) is 53.8 Å². The van der Waals surface area contributed by atoms with Crippen LogP contribution < -0.4 is 0 Å². The van der Waals surface area contributed by atoms with Crippen LogP contribution >= 0.6 is 0 Å². The number of rotatable bonds is 4. The SMILES string of the molecule is CCC(CC)c1ccc2[nH]c(C(C)C)cc2c1. The van der Waals surface area contributed by atoms with E-state index in [-0.39, 0.29) is 0 Å². The van der Waals surface area contributed by atoms with Crippen molar-refractivity contribution in [2.75, 3.05) is 0 Å². The molecule has 0 aliphatic rings. The standard InChI is InChI=1S/C16H23N/c1-5-12(6-2)13-7-8-15-14(9-13)10-16(17-15)11(3)4/h7-12,17H,5-6H2,1-4H3. The van der Waals surface area contributed by atoms with Gasteiger partial charge in [0.25, 0.3) is 0 Å². The highest BCUT2D eigenvalue weighted by Gasteiger charge is 2.09. The summed E-state index contributed by atoms with van der Waals surface area (Å²) in [5.41, 5.74) is 4.09. The zero-order valence-corrected chi connectivity index (χ0v) is 11.4. The van der Waals surface area contributed by atoms with Crippen molar-refractivity contribution in [1.29, 1.82) is 0 Å². The first-order valence-corrected chi connectivity index (χ1v) is 6.78. The van der Waals surface area contributed by atoms with Crippen LogP contribution in [0.4, 0.5) is 0 Å². The van der Waals surface area contributed by atoms with E-state index in [1.807, 2.05) is 0 Å². The average Bonchev–Trinajstić information content (AvgIpc) is 2.74. The lowest BCUT2D eigenvalue weighted by Gasteiger charge is -2.12. The molecule has 0 aliphatic heterocycles. The van der Waals surface area contributed by atoms with Crippen LogP contribution in [0.3, 0.4) is 0 Å². The fourth-order valence-electron chi connectivity index (χ4n) is 2.50. The second kappa shape index (κ2) is 4.95. The predicted molar refractivity (Wildman–Crippen MR) is 75.7 cm³/mol. The summed E-state index contributed by atoms with van der Waals surface area (Å²) in [4.78, 5) is 3.50. The van der Waals surface area contributed by atoms with Gasteiger partial charge in [0, 0.05) is 11.2 Å². The van der Waals surface area contributed by atoms with Crippen molar-refractivity contribution in [3.8, 4) is 0 Å². The number of hydrogen-bond donors (Lipinski definition) is 1. The Kier molecular flexibility index (Phi) is 3.56. The molecule has 1 heterocycles. The molecule has 1 heteroatoms. The van der Waals surface area contributed by atoms with Crippen LogP contribution in [0, 0.1) is 0 Å². The van der Waals surface area contributed by atoms with Gasteiger partial charge in [0.05, 0.1) is 0 Å². The van der Waals surface area contributed by atoms with Gasteiger partial charge < -0.3 is 4.98 Å². The lowest BCUT2D eigenvalue weighted by atomic mass is 9.93. The third-order valence-electron chi connectivity index (χ3n) is 3.74. The van der Waals surface area contributed by atoms with Gasteiger partial charge in [-0.1, -0.05) is 33.8 Å². The number of nitrogens with one attached hydrogen (secondary N) is 1. The van der Waals surface area contributed by atoms with E-state index in [1.165, 1.54) is 35.0 Å². The van der Waals surface area contributed by atoms with E-state index in [9.17, 15) is 0 Å². The molecule has 1 N–H and O–H groups in total. The van der Waals surface area contributed by atoms with Crippen LogP contribution in [0.2, 0.25) is 0 Å². The van der Waals surface area contributed by atoms with Crippen molar-refractivity contribution in [3.05, 3.63) is 35.5 Å². The number of aromatic amines is 1. The summed E-state index contributed by atoms with van der Waals surface area (Å²) in [6.45, 7) is 9.00. The molecule has 0 radical (unpaired) electrons. The van der Waals surface area contributed by atoms with Crippen molar-refractivity contribution < 1.29 is 0 Å². The summed E-state index contributed by atoms with van der Waals surface area (Å²) < 4.78 is 0. The summed E-state index contributed by atoms with van der Waals surface area (Å²) in [6.07, 6.45) is 2.45. The van der Waals surface area contributed by atoms with Crippen molar-refractivity contribution in [3.63, 3.8) is 0 Å². The Hall–Kier alpha value is -1.24. The van der Waals surface area contributed by atoms with Crippen molar-refractivity contribution in [2.45, 2.75) is 52.4 Å². The number of fused-ring (bicyclic) bond motifs is 1. The Morgan fingerprint density at radius 2 is 1.76 bits per heavy atom. The van der Waals surface area contributed by atoms with Gasteiger partial charge in [-0.15, -0.1) is 0 Å². The second-order valence-electron chi connectivity index (χ2n) is 5.24. The Balaban J connectivity index is 2.42. The Morgan fingerprint density at radius 1 is 1.06 bits per heavy atom. The molecule has 2 aromatic rings. The fourth-order valence-corrected chi connectivity index (χ4v) is 2.50. The normalized spacial score (nSPS) is 11.9. The zero-order chi connectivity index (χ0) is 12.4. The monoisotopic (exact) mass is 229 g/mol. The first-order chi connectivity index (χ1) is 8.15. The van der Waals surface area contributed by atoms with Gasteiger partial charge in [0.15, 0.2) is 0 Å². The second-order valence-corrected chi connectivity index (χ2v) is 5.24. The predicted octanol–water partition coefficient (Wildman–Crippen LogP) is 5.19. The van der Waals surface area contributed by atoms with Crippen LogP contribution in [-0.4, -0.2) is 4.98 Å². The molecule has 0 saturated heterocycles. The molecule has 2 rings (SSSR count). The number of hydrogen-bond acceptors (Lipinski definition) is 0. The lowest BCUT2D eigenvalue weighted by Crippen LogP contribution is -1.94. The summed E-state index contributed by atoms with van der Waals surface area (Å²) in [7, 11) is 0. The highest BCUT2D eigenvalue weighted by atomic mass is 14.7. The van der Waals surface area contributed by atoms with Crippen molar-refractivity contribution >= 4 is 10.9 Å². The molecular weight excluding hydrogens is 206 g/mol. The minimum atomic E-state index is 0.569. The maximum Gasteiger partial charge on any atom is 0.0456 e. The molecule has 1 aromatic heterocycles. The molecule has 0 atom stereocenters. The summed E-state index contributed by atoms with van der Waals surface area (Å²) in [5, 5.41) is 1.36. The minimum absolute atomic E-state index is 0.569. The van der Waals surface area contributed by atoms with E-state index >= 15 is 0 Å². The highest BCUT2D eigenvalue weighted by Crippen LogP contribution is 2.28. The summed E-state index contributed by atoms with van der Waals surface area (Å²) in [5.74, 6) is 1.27. The van der Waals surface area contributed by atoms with Gasteiger partial charge in [0.2, 0.25) is 0 Å². The van der Waals surface area contributed by atoms with E-state index in [0.29, 0.717) is 11.8 Å². The number of aromatic nitrogens is 1. The maximum absolute atomic E-state index is 3.50. The topological polar surface area (TPSA) is 15.8 Å². The third kappa shape index (κ3) is 2.38. The van der Waals surface area contributed by atoms with E-state index in [4.69, 9.17) is 0 Å². The Bertz CT molecular complexity index is 489. The molecular formula is C16H23N. The molecule has 1 aromatic carbocycles. The largest absolute Gasteiger partial charge is 0.358 e. The minimum Gasteiger partial charge on any atom is -0.358 e. The van der Waals surface area contributed by atoms with Crippen LogP contribution in [0.15, 0.2) is 24.3 Å². The smallest absolute Gasteiger partial charge is 0.0456 e. The van der Waals surface area contributed by atoms with Gasteiger partial charge in [0.1, 0.15) is 0 Å². The first-order valence-electron chi connectivity index (χ1n) is 6.78. The molecule has 92 valence electrons. The van der Waals surface area contributed by atoms with Gasteiger partial charge in [-0.3, -0.25) is 0 Å². The fraction of sp³-hybridized carbons (Fsp3) is 0.500. The molecule has 0 amide bonds. The lowest BCUT2D eigenvalue weighted by molar-refractivity contribution is 0.643. The van der Waals surface area contributed by atoms with E-state index in [0.717, 1.165) is 0 Å². The Morgan fingerprint density at radius 3 is 2.35 bits per heavy atom. The van der Waals surface area contributed by atoms with Crippen LogP contribution in [0.5, 0.6) is 0 Å². The molecule has 0 bridgehead atoms. The molecule has 0 fully saturated rings. The van der Waals surface area contributed by atoms with Crippen LogP contribution in [0.25, 0.3) is 10.9 Å². The molecule has 0 aliphatic carbocycles. The first kappa shape index (κ1) is 12.2. The molecule has 1 nitrogen and oxygen atoms in total. The third-order valence-corrected chi connectivity index (χ3v) is 3.74. The summed E-state index contributed by atoms with van der Waals surface area (Å²) >= 11 is 0. The van der Waals surface area contributed by atoms with Gasteiger partial charge in [-0.25, -0.2) is 0 Å². The van der Waals surface area contributed by atoms with E-state index in [1.54, 1.807) is 0 Å². The van der Waals surface area contributed by atoms with Crippen molar-refractivity contribution in [1.82, 2.24) is 4.98 Å². The average molecular weight is 229 g/mol. The number of H-pyrrole nitrogens is 1. The van der Waals surface area contributed by atoms with E-state index < -0.39 is 0 Å². The van der Waals surface area contributed by atoms with E-state index in [2.05, 4.69) is 56.9 Å². The van der Waals surface area contributed by atoms with Crippen LogP contribution in [0.1, 0.15) is 63.6 Å². The zero-order valence-electron chi connectivity index (χ0n) is 11.4. The van der Waals surface area contributed by atoms with Gasteiger partial charge in [-0.2, -0.15) is 0 Å². The number of benzene rings is 1. The maximum atomic E-state index is 3.50. The molecule has 0 saturated carbocycles. The van der Waals surface area contributed by atoms with Crippen molar-refractivity contribution in [2.24, 2.45) is 0 Å². The van der Waals surface area contributed by atoms with Gasteiger partial charge >= 0.3 is 0 Å². The Labute approximate surface area is 104 Å². The molecule has 17 heavy (non-hydrogen) atoms. The van der Waals surface area contributed by atoms with Crippen LogP contribution in [-0.2, 0) is 0 Å². The highest BCUT2D eigenvalue weighted by molar-refractivity contribution is 5.81. The summed E-state index contributed by atoms with van der Waals surface area (Å²) in [6, 6.07) is 9.16.